The van der Waals surface area contributed by atoms with E-state index in [9.17, 15) is 4.39 Å². The number of rotatable bonds is 3. The Hall–Kier alpha value is -1.09. The molecule has 3 heteroatoms. The summed E-state index contributed by atoms with van der Waals surface area (Å²) in [4.78, 5) is 0. The molecule has 0 saturated carbocycles. The van der Waals surface area contributed by atoms with Gasteiger partial charge in [0.2, 0.25) is 0 Å². The highest BCUT2D eigenvalue weighted by atomic mass is 19.1. The van der Waals surface area contributed by atoms with Crippen LogP contribution >= 0.6 is 0 Å². The largest absolute Gasteiger partial charge is 0.508 e. The molecule has 1 aromatic rings. The van der Waals surface area contributed by atoms with Crippen LogP contribution in [-0.2, 0) is 6.42 Å². The van der Waals surface area contributed by atoms with Crippen LogP contribution in [0, 0.1) is 0 Å². The van der Waals surface area contributed by atoms with Crippen molar-refractivity contribution in [2.75, 3.05) is 6.67 Å². The summed E-state index contributed by atoms with van der Waals surface area (Å²) in [5.41, 5.74) is 6.26. The van der Waals surface area contributed by atoms with Crippen LogP contribution in [0.15, 0.2) is 24.3 Å². The molecule has 1 unspecified atom stereocenters. The van der Waals surface area contributed by atoms with Crippen molar-refractivity contribution in [2.24, 2.45) is 5.73 Å². The van der Waals surface area contributed by atoms with E-state index in [0.29, 0.717) is 6.42 Å². The molecule has 0 aromatic heterocycles. The summed E-state index contributed by atoms with van der Waals surface area (Å²) in [7, 11) is 0. The fourth-order valence-electron chi connectivity index (χ4n) is 1.04. The lowest BCUT2D eigenvalue weighted by molar-refractivity contribution is 0.426. The molecule has 12 heavy (non-hydrogen) atoms. The van der Waals surface area contributed by atoms with Crippen molar-refractivity contribution >= 4 is 0 Å². The Balaban J connectivity index is 2.63. The second-order valence-electron chi connectivity index (χ2n) is 2.79. The van der Waals surface area contributed by atoms with Crippen molar-refractivity contribution in [2.45, 2.75) is 12.5 Å². The van der Waals surface area contributed by atoms with E-state index in [-0.39, 0.29) is 5.75 Å². The van der Waals surface area contributed by atoms with Gasteiger partial charge in [0, 0.05) is 6.04 Å². The second-order valence-corrected chi connectivity index (χ2v) is 2.79. The summed E-state index contributed by atoms with van der Waals surface area (Å²) in [5.74, 6) is 0.193. The Labute approximate surface area is 70.8 Å². The average Bonchev–Trinajstić information content (AvgIpc) is 2.04. The highest BCUT2D eigenvalue weighted by Gasteiger charge is 2.02. The van der Waals surface area contributed by atoms with E-state index in [1.165, 1.54) is 0 Å². The third kappa shape index (κ3) is 2.51. The molecule has 0 radical (unpaired) electrons. The molecular weight excluding hydrogens is 157 g/mol. The van der Waals surface area contributed by atoms with E-state index in [1.54, 1.807) is 18.2 Å². The van der Waals surface area contributed by atoms with E-state index < -0.39 is 12.7 Å². The smallest absolute Gasteiger partial charge is 0.115 e. The van der Waals surface area contributed by atoms with Gasteiger partial charge < -0.3 is 10.8 Å². The molecule has 66 valence electrons. The minimum absolute atomic E-state index is 0.193. The van der Waals surface area contributed by atoms with E-state index in [1.807, 2.05) is 6.07 Å². The molecule has 0 spiro atoms. The summed E-state index contributed by atoms with van der Waals surface area (Å²) in [5, 5.41) is 9.06. The fourth-order valence-corrected chi connectivity index (χ4v) is 1.04. The number of alkyl halides is 1. The highest BCUT2D eigenvalue weighted by Crippen LogP contribution is 2.11. The van der Waals surface area contributed by atoms with Gasteiger partial charge in [-0.1, -0.05) is 12.1 Å². The van der Waals surface area contributed by atoms with Crippen LogP contribution in [0.2, 0.25) is 0 Å². The SMILES string of the molecule is NC(CF)Cc1cccc(O)c1. The van der Waals surface area contributed by atoms with E-state index in [2.05, 4.69) is 0 Å². The normalized spacial score (nSPS) is 12.8. The minimum Gasteiger partial charge on any atom is -0.508 e. The lowest BCUT2D eigenvalue weighted by Crippen LogP contribution is -2.24. The molecule has 0 saturated heterocycles. The molecule has 0 bridgehead atoms. The Morgan fingerprint density at radius 2 is 2.25 bits per heavy atom. The van der Waals surface area contributed by atoms with E-state index in [0.717, 1.165) is 5.56 Å². The predicted octanol–water partition coefficient (Wildman–Crippen LogP) is 1.23. The number of nitrogens with two attached hydrogens (primary N) is 1. The maximum absolute atomic E-state index is 12.0. The molecule has 0 fully saturated rings. The van der Waals surface area contributed by atoms with Gasteiger partial charge in [-0.25, -0.2) is 4.39 Å². The number of hydrogen-bond acceptors (Lipinski definition) is 2. The maximum atomic E-state index is 12.0. The van der Waals surface area contributed by atoms with Gasteiger partial charge in [0.1, 0.15) is 12.4 Å². The first-order valence-electron chi connectivity index (χ1n) is 3.82. The lowest BCUT2D eigenvalue weighted by atomic mass is 10.1. The third-order valence-electron chi connectivity index (χ3n) is 1.61. The fraction of sp³-hybridized carbons (Fsp3) is 0.333. The van der Waals surface area contributed by atoms with Crippen molar-refractivity contribution < 1.29 is 9.50 Å². The molecule has 0 amide bonds. The van der Waals surface area contributed by atoms with Gasteiger partial charge >= 0.3 is 0 Å². The van der Waals surface area contributed by atoms with Crippen LogP contribution in [0.25, 0.3) is 0 Å². The summed E-state index contributed by atoms with van der Waals surface area (Å²) < 4.78 is 12.0. The maximum Gasteiger partial charge on any atom is 0.115 e. The molecule has 2 nitrogen and oxygen atoms in total. The Kier molecular flexibility index (Phi) is 3.05. The quantitative estimate of drug-likeness (QED) is 0.714. The molecule has 0 aliphatic rings. The zero-order valence-electron chi connectivity index (χ0n) is 6.70. The molecule has 1 atom stereocenters. The van der Waals surface area contributed by atoms with Crippen LogP contribution in [0.5, 0.6) is 5.75 Å². The van der Waals surface area contributed by atoms with Crippen LogP contribution in [0.1, 0.15) is 5.56 Å². The average molecular weight is 169 g/mol. The number of benzene rings is 1. The lowest BCUT2D eigenvalue weighted by Gasteiger charge is -2.06. The van der Waals surface area contributed by atoms with Crippen molar-refractivity contribution in [1.29, 1.82) is 0 Å². The Morgan fingerprint density at radius 1 is 1.50 bits per heavy atom. The van der Waals surface area contributed by atoms with Crippen LogP contribution in [0.3, 0.4) is 0 Å². The number of hydrogen-bond donors (Lipinski definition) is 2. The summed E-state index contributed by atoms with van der Waals surface area (Å²) in [6.07, 6.45) is 0.463. The summed E-state index contributed by atoms with van der Waals surface area (Å²) in [6, 6.07) is 6.23. The van der Waals surface area contributed by atoms with Crippen LogP contribution < -0.4 is 5.73 Å². The standard InChI is InChI=1S/C9H12FNO/c10-6-8(11)4-7-2-1-3-9(12)5-7/h1-3,5,8,12H,4,6,11H2. The predicted molar refractivity (Wildman–Crippen MR) is 45.8 cm³/mol. The first-order valence-corrected chi connectivity index (χ1v) is 3.82. The van der Waals surface area contributed by atoms with E-state index >= 15 is 0 Å². The number of phenols is 1. The van der Waals surface area contributed by atoms with Crippen molar-refractivity contribution in [3.8, 4) is 5.75 Å². The molecular formula is C9H12FNO. The first-order chi connectivity index (χ1) is 5.72. The van der Waals surface area contributed by atoms with Gasteiger partial charge in [-0.15, -0.1) is 0 Å². The van der Waals surface area contributed by atoms with Crippen molar-refractivity contribution in [1.82, 2.24) is 0 Å². The molecule has 1 aromatic carbocycles. The summed E-state index contributed by atoms with van der Waals surface area (Å²) >= 11 is 0. The summed E-state index contributed by atoms with van der Waals surface area (Å²) in [6.45, 7) is -0.532. The van der Waals surface area contributed by atoms with Gasteiger partial charge in [-0.2, -0.15) is 0 Å². The molecule has 0 aliphatic heterocycles. The number of phenolic OH excluding ortho intramolecular Hbond substituents is 1. The van der Waals surface area contributed by atoms with Crippen LogP contribution in [-0.4, -0.2) is 17.8 Å². The van der Waals surface area contributed by atoms with Gasteiger partial charge in [0.15, 0.2) is 0 Å². The Bertz CT molecular complexity index is 252. The highest BCUT2D eigenvalue weighted by molar-refractivity contribution is 5.27. The number of halogens is 1. The topological polar surface area (TPSA) is 46.2 Å². The molecule has 0 heterocycles. The molecule has 3 N–H and O–H groups in total. The number of aromatic hydroxyl groups is 1. The van der Waals surface area contributed by atoms with E-state index in [4.69, 9.17) is 10.8 Å². The second kappa shape index (κ2) is 4.07. The third-order valence-corrected chi connectivity index (χ3v) is 1.61. The monoisotopic (exact) mass is 169 g/mol. The van der Waals surface area contributed by atoms with Gasteiger partial charge in [-0.05, 0) is 24.1 Å². The van der Waals surface area contributed by atoms with Gasteiger partial charge in [0.05, 0.1) is 0 Å². The molecule has 0 aliphatic carbocycles. The zero-order chi connectivity index (χ0) is 8.97. The Morgan fingerprint density at radius 3 is 2.83 bits per heavy atom. The first kappa shape index (κ1) is 9.00. The van der Waals surface area contributed by atoms with Crippen molar-refractivity contribution in [3.05, 3.63) is 29.8 Å². The molecule has 1 rings (SSSR count). The zero-order valence-corrected chi connectivity index (χ0v) is 6.70. The van der Waals surface area contributed by atoms with Crippen molar-refractivity contribution in [3.63, 3.8) is 0 Å². The van der Waals surface area contributed by atoms with Gasteiger partial charge in [-0.3, -0.25) is 0 Å². The van der Waals surface area contributed by atoms with Gasteiger partial charge in [0.25, 0.3) is 0 Å². The van der Waals surface area contributed by atoms with Crippen LogP contribution in [0.4, 0.5) is 4.39 Å². The minimum atomic E-state index is -0.532.